The van der Waals surface area contributed by atoms with Crippen LogP contribution in [-0.2, 0) is 16.0 Å². The Morgan fingerprint density at radius 3 is 2.48 bits per heavy atom. The van der Waals surface area contributed by atoms with Gasteiger partial charge in [0.2, 0.25) is 5.91 Å². The van der Waals surface area contributed by atoms with Gasteiger partial charge in [0.15, 0.2) is 0 Å². The van der Waals surface area contributed by atoms with E-state index in [1.807, 2.05) is 6.07 Å². The highest BCUT2D eigenvalue weighted by Gasteiger charge is 2.23. The minimum Gasteiger partial charge on any atom is -0.507 e. The van der Waals surface area contributed by atoms with Crippen molar-refractivity contribution >= 4 is 17.6 Å². The van der Waals surface area contributed by atoms with Gasteiger partial charge in [-0.1, -0.05) is 38.1 Å². The second-order valence-electron chi connectivity index (χ2n) is 9.10. The molecule has 33 heavy (non-hydrogen) atoms. The maximum Gasteiger partial charge on any atom is 0.341 e. The molecule has 0 radical (unpaired) electrons. The first-order valence-corrected chi connectivity index (χ1v) is 12.0. The topological polar surface area (TPSA) is 78.9 Å². The normalized spacial score (nSPS) is 14.7. The van der Waals surface area contributed by atoms with Crippen molar-refractivity contribution in [3.63, 3.8) is 0 Å². The summed E-state index contributed by atoms with van der Waals surface area (Å²) in [7, 11) is 0. The molecular formula is C27H36N2O4. The summed E-state index contributed by atoms with van der Waals surface area (Å²) in [4.78, 5) is 27.3. The van der Waals surface area contributed by atoms with Crippen molar-refractivity contribution in [3.05, 3.63) is 59.2 Å². The number of phenolic OH excluding ortho intramolecular Hbond substituents is 1. The fourth-order valence-electron chi connectivity index (χ4n) is 4.44. The lowest BCUT2D eigenvalue weighted by Gasteiger charge is -2.33. The predicted molar refractivity (Wildman–Crippen MR) is 131 cm³/mol. The number of esters is 1. The van der Waals surface area contributed by atoms with Crippen molar-refractivity contribution in [2.75, 3.05) is 24.6 Å². The zero-order valence-electron chi connectivity index (χ0n) is 20.0. The SMILES string of the molecule is CCOC(=O)c1ccc(CC(=O)N[C@@H](CC(C)C)c2ccccc2N2CCCCC2)cc1O. The Morgan fingerprint density at radius 1 is 1.09 bits per heavy atom. The van der Waals surface area contributed by atoms with E-state index in [4.69, 9.17) is 4.74 Å². The molecular weight excluding hydrogens is 416 g/mol. The number of ether oxygens (including phenoxy) is 1. The molecule has 1 aliphatic rings. The summed E-state index contributed by atoms with van der Waals surface area (Å²) < 4.78 is 4.95. The van der Waals surface area contributed by atoms with Gasteiger partial charge in [-0.3, -0.25) is 4.79 Å². The van der Waals surface area contributed by atoms with Gasteiger partial charge >= 0.3 is 5.97 Å². The van der Waals surface area contributed by atoms with Crippen LogP contribution in [0.4, 0.5) is 5.69 Å². The highest BCUT2D eigenvalue weighted by Crippen LogP contribution is 2.32. The number of piperidine rings is 1. The average Bonchev–Trinajstić information content (AvgIpc) is 2.79. The van der Waals surface area contributed by atoms with E-state index in [2.05, 4.69) is 42.3 Å². The zero-order chi connectivity index (χ0) is 23.8. The monoisotopic (exact) mass is 452 g/mol. The third-order valence-corrected chi connectivity index (χ3v) is 5.97. The number of rotatable bonds is 9. The number of hydrogen-bond donors (Lipinski definition) is 2. The van der Waals surface area contributed by atoms with Crippen LogP contribution < -0.4 is 10.2 Å². The minimum atomic E-state index is -0.572. The molecule has 0 bridgehead atoms. The number of phenols is 1. The van der Waals surface area contributed by atoms with E-state index in [1.54, 1.807) is 13.0 Å². The van der Waals surface area contributed by atoms with E-state index >= 15 is 0 Å². The maximum absolute atomic E-state index is 13.0. The Kier molecular flexibility index (Phi) is 8.75. The molecule has 0 saturated carbocycles. The Bertz CT molecular complexity index is 951. The first-order valence-electron chi connectivity index (χ1n) is 12.0. The molecule has 1 aliphatic heterocycles. The first kappa shape index (κ1) is 24.6. The number of amides is 1. The largest absolute Gasteiger partial charge is 0.507 e. The number of para-hydroxylation sites is 1. The summed E-state index contributed by atoms with van der Waals surface area (Å²) in [6.45, 7) is 8.36. The molecule has 3 rings (SSSR count). The van der Waals surface area contributed by atoms with Gasteiger partial charge in [-0.05, 0) is 67.9 Å². The number of hydrogen-bond acceptors (Lipinski definition) is 5. The number of benzene rings is 2. The summed E-state index contributed by atoms with van der Waals surface area (Å²) in [5, 5.41) is 13.5. The molecule has 0 aromatic heterocycles. The molecule has 1 fully saturated rings. The number of carbonyl (C=O) groups is 2. The summed E-state index contributed by atoms with van der Waals surface area (Å²) in [5.41, 5.74) is 3.11. The van der Waals surface area contributed by atoms with E-state index in [9.17, 15) is 14.7 Å². The second kappa shape index (κ2) is 11.7. The lowest BCUT2D eigenvalue weighted by molar-refractivity contribution is -0.121. The van der Waals surface area contributed by atoms with Gasteiger partial charge in [-0.2, -0.15) is 0 Å². The summed E-state index contributed by atoms with van der Waals surface area (Å²) in [6, 6.07) is 12.9. The Morgan fingerprint density at radius 2 is 1.82 bits per heavy atom. The predicted octanol–water partition coefficient (Wildman–Crippen LogP) is 5.01. The quantitative estimate of drug-likeness (QED) is 0.523. The van der Waals surface area contributed by atoms with Crippen LogP contribution >= 0.6 is 0 Å². The van der Waals surface area contributed by atoms with Crippen LogP contribution in [0.2, 0.25) is 0 Å². The molecule has 6 nitrogen and oxygen atoms in total. The molecule has 1 amide bonds. The van der Waals surface area contributed by atoms with E-state index in [0.717, 1.165) is 25.1 Å². The van der Waals surface area contributed by atoms with E-state index in [1.165, 1.54) is 37.1 Å². The van der Waals surface area contributed by atoms with E-state index in [-0.39, 0.29) is 36.3 Å². The first-order chi connectivity index (χ1) is 15.9. The summed E-state index contributed by atoms with van der Waals surface area (Å²) in [6.07, 6.45) is 4.62. The van der Waals surface area contributed by atoms with E-state index < -0.39 is 5.97 Å². The van der Waals surface area contributed by atoms with Gasteiger partial charge in [0.05, 0.1) is 19.1 Å². The molecule has 2 aromatic rings. The minimum absolute atomic E-state index is 0.0944. The average molecular weight is 453 g/mol. The van der Waals surface area contributed by atoms with Crippen LogP contribution in [0.15, 0.2) is 42.5 Å². The van der Waals surface area contributed by atoms with Crippen LogP contribution in [0.1, 0.15) is 74.0 Å². The molecule has 178 valence electrons. The number of anilines is 1. The van der Waals surface area contributed by atoms with Gasteiger partial charge in [-0.25, -0.2) is 4.79 Å². The van der Waals surface area contributed by atoms with Crippen LogP contribution in [0.3, 0.4) is 0 Å². The molecule has 6 heteroatoms. The number of aromatic hydroxyl groups is 1. The molecule has 0 spiro atoms. The van der Waals surface area contributed by atoms with E-state index in [0.29, 0.717) is 11.5 Å². The maximum atomic E-state index is 13.0. The highest BCUT2D eigenvalue weighted by atomic mass is 16.5. The lowest BCUT2D eigenvalue weighted by atomic mass is 9.94. The molecule has 0 aliphatic carbocycles. The van der Waals surface area contributed by atoms with Crippen LogP contribution in [0.5, 0.6) is 5.75 Å². The third kappa shape index (κ3) is 6.73. The number of nitrogens with one attached hydrogen (secondary N) is 1. The fraction of sp³-hybridized carbons (Fsp3) is 0.481. The molecule has 1 heterocycles. The molecule has 1 saturated heterocycles. The highest BCUT2D eigenvalue weighted by molar-refractivity contribution is 5.92. The smallest absolute Gasteiger partial charge is 0.341 e. The van der Waals surface area contributed by atoms with Gasteiger partial charge < -0.3 is 20.1 Å². The van der Waals surface area contributed by atoms with Crippen molar-refractivity contribution < 1.29 is 19.4 Å². The summed E-state index contributed by atoms with van der Waals surface area (Å²) >= 11 is 0. The van der Waals surface area contributed by atoms with Gasteiger partial charge in [-0.15, -0.1) is 0 Å². The fourth-order valence-corrected chi connectivity index (χ4v) is 4.44. The van der Waals surface area contributed by atoms with Crippen molar-refractivity contribution in [1.29, 1.82) is 0 Å². The third-order valence-electron chi connectivity index (χ3n) is 5.97. The van der Waals surface area contributed by atoms with Crippen molar-refractivity contribution in [3.8, 4) is 5.75 Å². The number of nitrogens with zero attached hydrogens (tertiary/aromatic N) is 1. The van der Waals surface area contributed by atoms with Crippen LogP contribution in [0.25, 0.3) is 0 Å². The van der Waals surface area contributed by atoms with Gasteiger partial charge in [0.25, 0.3) is 0 Å². The molecule has 1 atom stereocenters. The Labute approximate surface area is 196 Å². The van der Waals surface area contributed by atoms with Crippen LogP contribution in [0, 0.1) is 5.92 Å². The Balaban J connectivity index is 1.76. The number of carbonyl (C=O) groups excluding carboxylic acids is 2. The standard InChI is InChI=1S/C27H36N2O4/c1-4-33-27(32)22-13-12-20(17-25(22)30)18-26(31)28-23(16-19(2)3)21-10-6-7-11-24(21)29-14-8-5-9-15-29/h6-7,10-13,17,19,23,30H,4-5,8-9,14-16,18H2,1-3H3,(H,28,31)/t23-/m0/s1. The zero-order valence-corrected chi connectivity index (χ0v) is 20.0. The Hall–Kier alpha value is -3.02. The summed E-state index contributed by atoms with van der Waals surface area (Å²) in [5.74, 6) is -0.444. The van der Waals surface area contributed by atoms with Crippen molar-refractivity contribution in [1.82, 2.24) is 5.32 Å². The molecule has 0 unspecified atom stereocenters. The molecule has 2 aromatic carbocycles. The van der Waals surface area contributed by atoms with Gasteiger partial charge in [0, 0.05) is 18.8 Å². The van der Waals surface area contributed by atoms with Gasteiger partial charge in [0.1, 0.15) is 11.3 Å². The second-order valence-corrected chi connectivity index (χ2v) is 9.10. The van der Waals surface area contributed by atoms with Crippen molar-refractivity contribution in [2.45, 2.75) is 58.9 Å². The van der Waals surface area contributed by atoms with Crippen molar-refractivity contribution in [2.24, 2.45) is 5.92 Å². The van der Waals surface area contributed by atoms with Crippen LogP contribution in [-0.4, -0.2) is 36.7 Å². The lowest BCUT2D eigenvalue weighted by Crippen LogP contribution is -2.34. The molecule has 2 N–H and O–H groups in total.